The van der Waals surface area contributed by atoms with Gasteiger partial charge in [0.25, 0.3) is 0 Å². The zero-order chi connectivity index (χ0) is 18.6. The molecule has 8 bridgehead atoms. The Morgan fingerprint density at radius 1 is 0.571 bits per heavy atom. The van der Waals surface area contributed by atoms with Gasteiger partial charge in [-0.05, 0) is 129 Å². The van der Waals surface area contributed by atoms with E-state index in [-0.39, 0.29) is 0 Å². The Kier molecular flexibility index (Phi) is 3.51. The largest absolute Gasteiger partial charge is 0.125 e. The fourth-order valence-electron chi connectivity index (χ4n) is 11.1. The molecule has 1 aromatic rings. The number of benzene rings is 1. The summed E-state index contributed by atoms with van der Waals surface area (Å²) in [6, 6.07) is 12.0. The highest BCUT2D eigenvalue weighted by Crippen LogP contribution is 2.78. The van der Waals surface area contributed by atoms with Gasteiger partial charge in [-0.3, -0.25) is 0 Å². The first kappa shape index (κ1) is 17.3. The van der Waals surface area contributed by atoms with Crippen molar-refractivity contribution in [2.75, 3.05) is 0 Å². The lowest BCUT2D eigenvalue weighted by molar-refractivity contribution is -0.158. The first-order chi connectivity index (χ1) is 13.6. The molecule has 1 heteroatoms. The molecule has 8 fully saturated rings. The normalized spacial score (nSPS) is 52.8. The second-order valence-corrected chi connectivity index (χ2v) is 13.4. The highest BCUT2D eigenvalue weighted by atomic mass is 31.0. The van der Waals surface area contributed by atoms with Crippen LogP contribution < -0.4 is 0 Å². The third kappa shape index (κ3) is 2.12. The molecule has 9 rings (SSSR count). The first-order valence-corrected chi connectivity index (χ1v) is 13.0. The summed E-state index contributed by atoms with van der Waals surface area (Å²) < 4.78 is 0. The monoisotopic (exact) mass is 392 g/mol. The van der Waals surface area contributed by atoms with Crippen LogP contribution in [-0.2, 0) is 5.16 Å². The van der Waals surface area contributed by atoms with E-state index in [1.165, 1.54) is 0 Å². The van der Waals surface area contributed by atoms with Gasteiger partial charge in [-0.2, -0.15) is 0 Å². The van der Waals surface area contributed by atoms with E-state index in [4.69, 9.17) is 0 Å². The Labute approximate surface area is 173 Å². The van der Waals surface area contributed by atoms with Gasteiger partial charge >= 0.3 is 0 Å². The Hall–Kier alpha value is -0.350. The van der Waals surface area contributed by atoms with E-state index in [2.05, 4.69) is 39.6 Å². The minimum absolute atomic E-state index is 0.327. The Balaban J connectivity index is 1.42. The van der Waals surface area contributed by atoms with Gasteiger partial charge < -0.3 is 0 Å². The molecule has 0 amide bonds. The fourth-order valence-corrected chi connectivity index (χ4v) is 12.0. The number of hydrogen-bond acceptors (Lipinski definition) is 0. The van der Waals surface area contributed by atoms with Gasteiger partial charge in [0, 0.05) is 5.16 Å². The summed E-state index contributed by atoms with van der Waals surface area (Å²) in [7, 11) is 3.69. The van der Waals surface area contributed by atoms with Gasteiger partial charge in [0.15, 0.2) is 0 Å². The van der Waals surface area contributed by atoms with Crippen LogP contribution in [0.15, 0.2) is 30.3 Å². The van der Waals surface area contributed by atoms with Gasteiger partial charge in [-0.25, -0.2) is 0 Å². The van der Waals surface area contributed by atoms with Crippen LogP contribution in [0.5, 0.6) is 0 Å². The van der Waals surface area contributed by atoms with Crippen LogP contribution in [-0.4, -0.2) is 0 Å². The maximum Gasteiger partial charge on any atom is 0.0210 e. The lowest BCUT2D eigenvalue weighted by Gasteiger charge is -2.72. The molecule has 8 saturated carbocycles. The van der Waals surface area contributed by atoms with Gasteiger partial charge in [0.05, 0.1) is 0 Å². The van der Waals surface area contributed by atoms with E-state index < -0.39 is 0 Å². The summed E-state index contributed by atoms with van der Waals surface area (Å²) in [5, 5.41) is 0.327. The summed E-state index contributed by atoms with van der Waals surface area (Å²) in [5.74, 6) is 6.27. The molecular weight excluding hydrogens is 355 g/mol. The van der Waals surface area contributed by atoms with Gasteiger partial charge in [-0.15, -0.1) is 9.24 Å². The summed E-state index contributed by atoms with van der Waals surface area (Å²) in [4.78, 5) is 0. The molecule has 8 aliphatic carbocycles. The van der Waals surface area contributed by atoms with E-state index in [0.29, 0.717) is 16.0 Å². The van der Waals surface area contributed by atoms with Crippen molar-refractivity contribution in [1.29, 1.82) is 0 Å². The molecule has 0 N–H and O–H groups in total. The zero-order valence-electron chi connectivity index (χ0n) is 17.4. The predicted molar refractivity (Wildman–Crippen MR) is 119 cm³/mol. The quantitative estimate of drug-likeness (QED) is 0.478. The standard InChI is InChI=1S/C27H37P/c28-27(24-4-2-1-3-5-24,25-12-18-6-19(13-25)8-20(7-18)14-25)26-15-21-9-22(16-26)11-23(10-21)17-26/h1-5,18-23H,6-17,28H2. The van der Waals surface area contributed by atoms with Crippen LogP contribution in [0.25, 0.3) is 0 Å². The van der Waals surface area contributed by atoms with Crippen molar-refractivity contribution in [3.8, 4) is 0 Å². The highest BCUT2D eigenvalue weighted by molar-refractivity contribution is 7.18. The molecule has 0 spiro atoms. The maximum atomic E-state index is 3.69. The van der Waals surface area contributed by atoms with E-state index >= 15 is 0 Å². The van der Waals surface area contributed by atoms with Crippen LogP contribution in [0.3, 0.4) is 0 Å². The Morgan fingerprint density at radius 2 is 0.893 bits per heavy atom. The van der Waals surface area contributed by atoms with Crippen molar-refractivity contribution in [2.24, 2.45) is 46.3 Å². The van der Waals surface area contributed by atoms with E-state index in [1.54, 1.807) is 82.6 Å². The molecule has 0 radical (unpaired) electrons. The average molecular weight is 393 g/mol. The SMILES string of the molecule is PC(c1ccccc1)(C12CC3CC(CC(C3)C1)C2)C12CC3CC(CC(C3)C1)C2. The van der Waals surface area contributed by atoms with Gasteiger partial charge in [0.2, 0.25) is 0 Å². The molecule has 0 saturated heterocycles. The van der Waals surface area contributed by atoms with E-state index in [1.807, 2.05) is 0 Å². The van der Waals surface area contributed by atoms with Gasteiger partial charge in [-0.1, -0.05) is 30.3 Å². The third-order valence-corrected chi connectivity index (χ3v) is 12.5. The minimum atomic E-state index is 0.327. The fraction of sp³-hybridized carbons (Fsp3) is 0.778. The highest BCUT2D eigenvalue weighted by Gasteiger charge is 2.68. The summed E-state index contributed by atoms with van der Waals surface area (Å²) in [6.07, 6.45) is 18.6. The molecular formula is C27H37P. The molecule has 0 aromatic heterocycles. The van der Waals surface area contributed by atoms with Crippen molar-refractivity contribution in [3.05, 3.63) is 35.9 Å². The molecule has 1 unspecified atom stereocenters. The summed E-state index contributed by atoms with van der Waals surface area (Å²) in [5.41, 5.74) is 2.84. The smallest absolute Gasteiger partial charge is 0.0210 e. The third-order valence-electron chi connectivity index (χ3n) is 11.0. The second-order valence-electron chi connectivity index (χ2n) is 12.6. The van der Waals surface area contributed by atoms with Crippen molar-refractivity contribution in [1.82, 2.24) is 0 Å². The average Bonchev–Trinajstić information content (AvgIpc) is 2.66. The lowest BCUT2D eigenvalue weighted by atomic mass is 9.37. The molecule has 8 aliphatic rings. The minimum Gasteiger partial charge on any atom is -0.125 e. The van der Waals surface area contributed by atoms with Crippen LogP contribution >= 0.6 is 9.24 Å². The second kappa shape index (κ2) is 5.66. The topological polar surface area (TPSA) is 0 Å². The van der Waals surface area contributed by atoms with Gasteiger partial charge in [0.1, 0.15) is 0 Å². The maximum absolute atomic E-state index is 3.69. The van der Waals surface area contributed by atoms with Crippen LogP contribution in [0, 0.1) is 46.3 Å². The van der Waals surface area contributed by atoms with E-state index in [0.717, 1.165) is 35.5 Å². The van der Waals surface area contributed by atoms with Crippen LogP contribution in [0.2, 0.25) is 0 Å². The Morgan fingerprint density at radius 3 is 1.21 bits per heavy atom. The molecule has 150 valence electrons. The lowest BCUT2D eigenvalue weighted by Crippen LogP contribution is -2.64. The summed E-state index contributed by atoms with van der Waals surface area (Å²) in [6.45, 7) is 0. The number of hydrogen-bond donors (Lipinski definition) is 0. The van der Waals surface area contributed by atoms with E-state index in [9.17, 15) is 0 Å². The Bertz CT molecular complexity index is 662. The van der Waals surface area contributed by atoms with Crippen LogP contribution in [0.1, 0.15) is 82.6 Å². The molecule has 0 heterocycles. The van der Waals surface area contributed by atoms with Crippen molar-refractivity contribution in [3.63, 3.8) is 0 Å². The number of rotatable bonds is 3. The molecule has 28 heavy (non-hydrogen) atoms. The first-order valence-electron chi connectivity index (χ1n) is 12.4. The molecule has 1 aromatic carbocycles. The van der Waals surface area contributed by atoms with Crippen molar-refractivity contribution < 1.29 is 0 Å². The predicted octanol–water partition coefficient (Wildman–Crippen LogP) is 7.19. The van der Waals surface area contributed by atoms with Crippen molar-refractivity contribution in [2.45, 2.75) is 82.2 Å². The molecule has 0 nitrogen and oxygen atoms in total. The molecule has 1 atom stereocenters. The summed E-state index contributed by atoms with van der Waals surface area (Å²) >= 11 is 0. The molecule has 0 aliphatic heterocycles. The van der Waals surface area contributed by atoms with Crippen LogP contribution in [0.4, 0.5) is 0 Å². The zero-order valence-corrected chi connectivity index (χ0v) is 18.6. The van der Waals surface area contributed by atoms with Crippen molar-refractivity contribution >= 4 is 9.24 Å².